The Bertz CT molecular complexity index is 970. The van der Waals surface area contributed by atoms with Gasteiger partial charge in [0.1, 0.15) is 5.75 Å². The Labute approximate surface area is 168 Å². The molecule has 27 heavy (non-hydrogen) atoms. The minimum absolute atomic E-state index is 0.164. The van der Waals surface area contributed by atoms with Crippen molar-refractivity contribution >= 4 is 56.5 Å². The van der Waals surface area contributed by atoms with Gasteiger partial charge in [0.25, 0.3) is 5.91 Å². The zero-order chi connectivity index (χ0) is 19.6. The molecular formula is C19H15BrN2O4S. The molecule has 0 bridgehead atoms. The van der Waals surface area contributed by atoms with Crippen LogP contribution in [-0.4, -0.2) is 41.2 Å². The number of amidine groups is 1. The average Bonchev–Trinajstić information content (AvgIpc) is 2.90. The summed E-state index contributed by atoms with van der Waals surface area (Å²) in [6.45, 7) is 0. The van der Waals surface area contributed by atoms with Gasteiger partial charge in [0.15, 0.2) is 5.17 Å². The molecule has 138 valence electrons. The van der Waals surface area contributed by atoms with Gasteiger partial charge in [-0.15, -0.1) is 0 Å². The summed E-state index contributed by atoms with van der Waals surface area (Å²) in [7, 11) is 3.23. The number of hydrogen-bond donors (Lipinski definition) is 1. The summed E-state index contributed by atoms with van der Waals surface area (Å²) in [5.41, 5.74) is 1.54. The molecule has 0 aromatic heterocycles. The molecule has 1 amide bonds. The summed E-state index contributed by atoms with van der Waals surface area (Å²) >= 11 is 4.67. The highest BCUT2D eigenvalue weighted by atomic mass is 79.9. The van der Waals surface area contributed by atoms with Gasteiger partial charge in [-0.2, -0.15) is 0 Å². The van der Waals surface area contributed by atoms with Crippen molar-refractivity contribution < 1.29 is 19.4 Å². The van der Waals surface area contributed by atoms with E-state index in [-0.39, 0.29) is 11.5 Å². The monoisotopic (exact) mass is 446 g/mol. The predicted molar refractivity (Wildman–Crippen MR) is 110 cm³/mol. The summed E-state index contributed by atoms with van der Waals surface area (Å²) in [5.74, 6) is -0.496. The molecule has 1 aliphatic rings. The van der Waals surface area contributed by atoms with Gasteiger partial charge in [-0.1, -0.05) is 15.9 Å². The second-order valence-electron chi connectivity index (χ2n) is 5.61. The number of thioether (sulfide) groups is 1. The Balaban J connectivity index is 1.91. The number of aromatic carboxylic acids is 1. The lowest BCUT2D eigenvalue weighted by Gasteiger charge is -2.07. The van der Waals surface area contributed by atoms with E-state index in [1.165, 1.54) is 28.8 Å². The predicted octanol–water partition coefficient (Wildman–Crippen LogP) is 4.39. The van der Waals surface area contributed by atoms with Crippen LogP contribution < -0.4 is 4.74 Å². The lowest BCUT2D eigenvalue weighted by molar-refractivity contribution is -0.121. The van der Waals surface area contributed by atoms with E-state index in [4.69, 9.17) is 9.84 Å². The molecule has 0 unspecified atom stereocenters. The molecule has 2 aromatic rings. The Morgan fingerprint density at radius 2 is 1.96 bits per heavy atom. The molecule has 0 aliphatic carbocycles. The lowest BCUT2D eigenvalue weighted by Crippen LogP contribution is -2.23. The number of amides is 1. The number of carbonyl (C=O) groups excluding carboxylic acids is 1. The van der Waals surface area contributed by atoms with E-state index in [2.05, 4.69) is 20.9 Å². The van der Waals surface area contributed by atoms with E-state index >= 15 is 0 Å². The molecule has 0 radical (unpaired) electrons. The number of benzene rings is 2. The number of carbonyl (C=O) groups is 2. The topological polar surface area (TPSA) is 79.2 Å². The van der Waals surface area contributed by atoms with Gasteiger partial charge < -0.3 is 9.84 Å². The SMILES string of the molecule is COc1ccc(Br)cc1C=C1SC(=Nc2ccc(C(=O)O)cc2)N(C)C1=O. The summed E-state index contributed by atoms with van der Waals surface area (Å²) in [4.78, 5) is 29.9. The molecule has 1 N–H and O–H groups in total. The number of hydrogen-bond acceptors (Lipinski definition) is 5. The Kier molecular flexibility index (Phi) is 5.67. The molecule has 1 heterocycles. The number of carboxylic acids is 1. The first-order chi connectivity index (χ1) is 12.9. The molecule has 1 fully saturated rings. The normalized spacial score (nSPS) is 17.0. The number of rotatable bonds is 4. The van der Waals surface area contributed by atoms with Crippen LogP contribution in [0.15, 0.2) is 56.8 Å². The minimum atomic E-state index is -0.995. The van der Waals surface area contributed by atoms with Crippen molar-refractivity contribution in [2.75, 3.05) is 14.2 Å². The van der Waals surface area contributed by atoms with Crippen molar-refractivity contribution in [2.24, 2.45) is 4.99 Å². The van der Waals surface area contributed by atoms with E-state index < -0.39 is 5.97 Å². The highest BCUT2D eigenvalue weighted by molar-refractivity contribution is 9.10. The van der Waals surface area contributed by atoms with E-state index in [9.17, 15) is 9.59 Å². The molecule has 1 aliphatic heterocycles. The largest absolute Gasteiger partial charge is 0.496 e. The molecule has 6 nitrogen and oxygen atoms in total. The van der Waals surface area contributed by atoms with Crippen LogP contribution in [0, 0.1) is 0 Å². The first-order valence-corrected chi connectivity index (χ1v) is 9.43. The highest BCUT2D eigenvalue weighted by Gasteiger charge is 2.30. The minimum Gasteiger partial charge on any atom is -0.496 e. The number of methoxy groups -OCH3 is 1. The molecule has 0 saturated carbocycles. The fourth-order valence-corrected chi connectivity index (χ4v) is 3.76. The zero-order valence-electron chi connectivity index (χ0n) is 14.5. The quantitative estimate of drug-likeness (QED) is 0.704. The number of likely N-dealkylation sites (N-methyl/N-ethyl adjacent to an activating group) is 1. The van der Waals surface area contributed by atoms with Gasteiger partial charge in [0.05, 0.1) is 23.3 Å². The summed E-state index contributed by atoms with van der Waals surface area (Å²) in [5, 5.41) is 9.48. The number of nitrogens with zero attached hydrogens (tertiary/aromatic N) is 2. The third kappa shape index (κ3) is 4.23. The highest BCUT2D eigenvalue weighted by Crippen LogP contribution is 2.35. The van der Waals surface area contributed by atoms with Gasteiger partial charge in [-0.3, -0.25) is 9.69 Å². The summed E-state index contributed by atoms with van der Waals surface area (Å²) < 4.78 is 6.23. The van der Waals surface area contributed by atoms with Crippen molar-refractivity contribution in [3.63, 3.8) is 0 Å². The standard InChI is InChI=1S/C19H15BrN2O4S/c1-22-17(23)16(10-12-9-13(20)5-8-15(12)26-2)27-19(22)21-14-6-3-11(4-7-14)18(24)25/h3-10H,1-2H3,(H,24,25). The fraction of sp³-hybridized carbons (Fsp3) is 0.105. The van der Waals surface area contributed by atoms with Crippen LogP contribution in [0.4, 0.5) is 5.69 Å². The first kappa shape index (κ1) is 19.2. The smallest absolute Gasteiger partial charge is 0.335 e. The Morgan fingerprint density at radius 1 is 1.26 bits per heavy atom. The maximum atomic E-state index is 12.6. The number of aliphatic imine (C=N–C) groups is 1. The summed E-state index contributed by atoms with van der Waals surface area (Å²) in [6.07, 6.45) is 1.77. The maximum absolute atomic E-state index is 12.6. The molecular weight excluding hydrogens is 432 g/mol. The van der Waals surface area contributed by atoms with Crippen molar-refractivity contribution in [3.05, 3.63) is 63.0 Å². The average molecular weight is 447 g/mol. The van der Waals surface area contributed by atoms with Gasteiger partial charge in [0.2, 0.25) is 0 Å². The Morgan fingerprint density at radius 3 is 2.59 bits per heavy atom. The third-order valence-corrected chi connectivity index (χ3v) is 5.37. The van der Waals surface area contributed by atoms with Crippen LogP contribution in [0.25, 0.3) is 6.08 Å². The van der Waals surface area contributed by atoms with Crippen LogP contribution in [0.3, 0.4) is 0 Å². The number of halogens is 1. The van der Waals surface area contributed by atoms with Crippen LogP contribution in [0.5, 0.6) is 5.75 Å². The van der Waals surface area contributed by atoms with E-state index in [0.717, 1.165) is 10.0 Å². The van der Waals surface area contributed by atoms with E-state index in [0.29, 0.717) is 21.5 Å². The van der Waals surface area contributed by atoms with E-state index in [1.54, 1.807) is 32.4 Å². The molecule has 1 saturated heterocycles. The second kappa shape index (κ2) is 7.98. The zero-order valence-corrected chi connectivity index (χ0v) is 16.9. The van der Waals surface area contributed by atoms with Gasteiger partial charge >= 0.3 is 5.97 Å². The third-order valence-electron chi connectivity index (χ3n) is 3.82. The van der Waals surface area contributed by atoms with Crippen LogP contribution in [-0.2, 0) is 4.79 Å². The Hall–Kier alpha value is -2.58. The van der Waals surface area contributed by atoms with E-state index in [1.807, 2.05) is 18.2 Å². The van der Waals surface area contributed by atoms with Crippen LogP contribution in [0.2, 0.25) is 0 Å². The van der Waals surface area contributed by atoms with Crippen molar-refractivity contribution in [1.29, 1.82) is 0 Å². The van der Waals surface area contributed by atoms with Crippen LogP contribution >= 0.6 is 27.7 Å². The van der Waals surface area contributed by atoms with Crippen molar-refractivity contribution in [2.45, 2.75) is 0 Å². The number of carboxylic acid groups (broad SMARTS) is 1. The maximum Gasteiger partial charge on any atom is 0.335 e. The molecule has 0 spiro atoms. The van der Waals surface area contributed by atoms with Gasteiger partial charge in [-0.05, 0) is 60.3 Å². The van der Waals surface area contributed by atoms with Gasteiger partial charge in [0, 0.05) is 17.1 Å². The first-order valence-electron chi connectivity index (χ1n) is 7.82. The van der Waals surface area contributed by atoms with Crippen molar-refractivity contribution in [1.82, 2.24) is 4.90 Å². The van der Waals surface area contributed by atoms with Crippen LogP contribution in [0.1, 0.15) is 15.9 Å². The number of ether oxygens (including phenoxy) is 1. The summed E-state index contributed by atoms with van der Waals surface area (Å²) in [6, 6.07) is 11.7. The second-order valence-corrected chi connectivity index (χ2v) is 7.53. The fourth-order valence-electron chi connectivity index (χ4n) is 2.40. The van der Waals surface area contributed by atoms with Crippen molar-refractivity contribution in [3.8, 4) is 5.75 Å². The lowest BCUT2D eigenvalue weighted by atomic mass is 10.2. The molecule has 8 heteroatoms. The molecule has 2 aromatic carbocycles. The van der Waals surface area contributed by atoms with Gasteiger partial charge in [-0.25, -0.2) is 9.79 Å². The molecule has 3 rings (SSSR count). The molecule has 0 atom stereocenters.